The largest absolute Gasteiger partial charge is 0.469 e. The van der Waals surface area contributed by atoms with Crippen LogP contribution in [0.5, 0.6) is 0 Å². The average molecular weight is 261 g/mol. The number of nitrogens with one attached hydrogen (secondary N) is 1. The fraction of sp³-hybridized carbons (Fsp3) is 0.571. The first kappa shape index (κ1) is 12.4. The molecule has 2 aromatic heterocycles. The Hall–Kier alpha value is -1.62. The Balaban J connectivity index is 1.83. The molecule has 2 heterocycles. The summed E-state index contributed by atoms with van der Waals surface area (Å²) in [6.45, 7) is 5.01. The molecule has 1 N–H and O–H groups in total. The number of furan rings is 1. The van der Waals surface area contributed by atoms with Crippen LogP contribution in [0.2, 0.25) is 0 Å². The Bertz CT molecular complexity index is 546. The third-order valence-corrected chi connectivity index (χ3v) is 3.84. The van der Waals surface area contributed by atoms with Crippen molar-refractivity contribution in [3.8, 4) is 11.4 Å². The van der Waals surface area contributed by atoms with E-state index in [9.17, 15) is 0 Å². The zero-order valence-electron chi connectivity index (χ0n) is 11.3. The molecule has 19 heavy (non-hydrogen) atoms. The number of hydrogen-bond acceptors (Lipinski definition) is 5. The van der Waals surface area contributed by atoms with Gasteiger partial charge in [-0.2, -0.15) is 4.98 Å². The topological polar surface area (TPSA) is 64.1 Å². The van der Waals surface area contributed by atoms with E-state index in [0.29, 0.717) is 17.8 Å². The van der Waals surface area contributed by atoms with Gasteiger partial charge in [0.05, 0.1) is 17.7 Å². The predicted molar refractivity (Wildman–Crippen MR) is 70.8 cm³/mol. The van der Waals surface area contributed by atoms with Crippen molar-refractivity contribution in [2.75, 3.05) is 6.54 Å². The van der Waals surface area contributed by atoms with E-state index >= 15 is 0 Å². The second-order valence-electron chi connectivity index (χ2n) is 5.05. The first-order chi connectivity index (χ1) is 9.29. The molecule has 0 aliphatic heterocycles. The first-order valence-corrected chi connectivity index (χ1v) is 6.91. The van der Waals surface area contributed by atoms with Crippen LogP contribution < -0.4 is 5.32 Å². The Labute approximate surface area is 112 Å². The van der Waals surface area contributed by atoms with E-state index in [2.05, 4.69) is 22.4 Å². The highest BCUT2D eigenvalue weighted by atomic mass is 16.5. The van der Waals surface area contributed by atoms with E-state index in [1.54, 1.807) is 6.26 Å². The third kappa shape index (κ3) is 2.30. The van der Waals surface area contributed by atoms with Crippen molar-refractivity contribution < 1.29 is 8.94 Å². The first-order valence-electron chi connectivity index (χ1n) is 6.91. The van der Waals surface area contributed by atoms with Gasteiger partial charge in [0.2, 0.25) is 11.7 Å². The van der Waals surface area contributed by atoms with Gasteiger partial charge in [0.15, 0.2) is 0 Å². The molecular weight excluding hydrogens is 242 g/mol. The summed E-state index contributed by atoms with van der Waals surface area (Å²) in [4.78, 5) is 4.55. The minimum absolute atomic E-state index is 0.341. The van der Waals surface area contributed by atoms with Gasteiger partial charge in [-0.05, 0) is 32.4 Å². The van der Waals surface area contributed by atoms with Gasteiger partial charge >= 0.3 is 0 Å². The van der Waals surface area contributed by atoms with Crippen LogP contribution in [0.1, 0.15) is 43.8 Å². The summed E-state index contributed by atoms with van der Waals surface area (Å²) in [5.74, 6) is 2.54. The summed E-state index contributed by atoms with van der Waals surface area (Å²) in [6.07, 6.45) is 5.16. The van der Waals surface area contributed by atoms with Crippen LogP contribution in [0.15, 0.2) is 21.3 Å². The van der Waals surface area contributed by atoms with Crippen LogP contribution >= 0.6 is 0 Å². The van der Waals surface area contributed by atoms with Gasteiger partial charge in [-0.15, -0.1) is 0 Å². The number of likely N-dealkylation sites (N-methyl/N-ethyl adjacent to an activating group) is 1. The summed E-state index contributed by atoms with van der Waals surface area (Å²) in [7, 11) is 0. The third-order valence-electron chi connectivity index (χ3n) is 3.84. The van der Waals surface area contributed by atoms with Crippen molar-refractivity contribution in [2.45, 2.75) is 45.1 Å². The Morgan fingerprint density at radius 1 is 1.42 bits per heavy atom. The highest BCUT2D eigenvalue weighted by Crippen LogP contribution is 2.34. The fourth-order valence-corrected chi connectivity index (χ4v) is 2.87. The lowest BCUT2D eigenvalue weighted by atomic mass is 10.0. The highest BCUT2D eigenvalue weighted by Gasteiger charge is 2.32. The molecule has 2 unspecified atom stereocenters. The van der Waals surface area contributed by atoms with Gasteiger partial charge in [0, 0.05) is 6.04 Å². The molecule has 1 aliphatic rings. The maximum Gasteiger partial charge on any atom is 0.231 e. The van der Waals surface area contributed by atoms with Crippen molar-refractivity contribution in [3.05, 3.63) is 24.0 Å². The number of nitrogens with zero attached hydrogens (tertiary/aromatic N) is 2. The minimum Gasteiger partial charge on any atom is -0.469 e. The highest BCUT2D eigenvalue weighted by molar-refractivity contribution is 5.56. The maximum absolute atomic E-state index is 5.46. The van der Waals surface area contributed by atoms with Crippen molar-refractivity contribution in [1.82, 2.24) is 15.5 Å². The molecule has 1 saturated carbocycles. The summed E-state index contributed by atoms with van der Waals surface area (Å²) in [5, 5.41) is 7.59. The second-order valence-corrected chi connectivity index (χ2v) is 5.05. The molecule has 1 aliphatic carbocycles. The summed E-state index contributed by atoms with van der Waals surface area (Å²) in [6, 6.07) is 2.34. The molecule has 1 fully saturated rings. The molecule has 0 amide bonds. The lowest BCUT2D eigenvalue weighted by Crippen LogP contribution is -2.31. The van der Waals surface area contributed by atoms with Gasteiger partial charge in [0.1, 0.15) is 5.76 Å². The van der Waals surface area contributed by atoms with E-state index in [1.165, 1.54) is 12.8 Å². The number of aryl methyl sites for hydroxylation is 1. The van der Waals surface area contributed by atoms with Crippen molar-refractivity contribution in [2.24, 2.45) is 0 Å². The molecule has 0 aromatic carbocycles. The lowest BCUT2D eigenvalue weighted by molar-refractivity contribution is 0.332. The molecule has 2 aromatic rings. The lowest BCUT2D eigenvalue weighted by Gasteiger charge is -2.16. The van der Waals surface area contributed by atoms with E-state index < -0.39 is 0 Å². The summed E-state index contributed by atoms with van der Waals surface area (Å²) < 4.78 is 10.7. The SMILES string of the molecule is CCNC1CCCC1c1nc(-c2ccoc2C)no1. The van der Waals surface area contributed by atoms with Crippen LogP contribution in [-0.4, -0.2) is 22.7 Å². The van der Waals surface area contributed by atoms with Gasteiger partial charge in [-0.25, -0.2) is 0 Å². The van der Waals surface area contributed by atoms with Crippen molar-refractivity contribution in [3.63, 3.8) is 0 Å². The summed E-state index contributed by atoms with van der Waals surface area (Å²) in [5.41, 5.74) is 0.910. The predicted octanol–water partition coefficient (Wildman–Crippen LogP) is 2.88. The molecule has 0 bridgehead atoms. The normalized spacial score (nSPS) is 23.1. The van der Waals surface area contributed by atoms with E-state index in [1.807, 2.05) is 13.0 Å². The van der Waals surface area contributed by atoms with Gasteiger partial charge in [-0.1, -0.05) is 18.5 Å². The van der Waals surface area contributed by atoms with Crippen molar-refractivity contribution in [1.29, 1.82) is 0 Å². The summed E-state index contributed by atoms with van der Waals surface area (Å²) >= 11 is 0. The number of aromatic nitrogens is 2. The molecule has 0 spiro atoms. The van der Waals surface area contributed by atoms with Crippen molar-refractivity contribution >= 4 is 0 Å². The molecule has 5 nitrogen and oxygen atoms in total. The van der Waals surface area contributed by atoms with E-state index in [4.69, 9.17) is 8.94 Å². The Morgan fingerprint density at radius 3 is 3.05 bits per heavy atom. The number of hydrogen-bond donors (Lipinski definition) is 1. The Kier molecular flexibility index (Phi) is 3.38. The molecule has 5 heteroatoms. The van der Waals surface area contributed by atoms with Crippen LogP contribution in [0.3, 0.4) is 0 Å². The zero-order valence-corrected chi connectivity index (χ0v) is 11.3. The van der Waals surface area contributed by atoms with Crippen LogP contribution in [-0.2, 0) is 0 Å². The van der Waals surface area contributed by atoms with Gasteiger partial charge in [0.25, 0.3) is 0 Å². The fourth-order valence-electron chi connectivity index (χ4n) is 2.87. The standard InChI is InChI=1S/C14H19N3O2/c1-3-15-12-6-4-5-11(12)14-16-13(17-19-14)10-7-8-18-9(10)2/h7-8,11-12,15H,3-6H2,1-2H3. The van der Waals surface area contributed by atoms with Gasteiger partial charge in [-0.3, -0.25) is 0 Å². The minimum atomic E-state index is 0.341. The molecule has 0 radical (unpaired) electrons. The Morgan fingerprint density at radius 2 is 2.32 bits per heavy atom. The monoisotopic (exact) mass is 261 g/mol. The molecule has 0 saturated heterocycles. The molecule has 102 valence electrons. The molecule has 3 rings (SSSR count). The van der Waals surface area contributed by atoms with Crippen LogP contribution in [0.25, 0.3) is 11.4 Å². The maximum atomic E-state index is 5.46. The zero-order chi connectivity index (χ0) is 13.2. The number of rotatable bonds is 4. The molecule has 2 atom stereocenters. The van der Waals surface area contributed by atoms with E-state index in [-0.39, 0.29) is 0 Å². The second kappa shape index (κ2) is 5.17. The smallest absolute Gasteiger partial charge is 0.231 e. The van der Waals surface area contributed by atoms with Crippen LogP contribution in [0.4, 0.5) is 0 Å². The quantitative estimate of drug-likeness (QED) is 0.916. The van der Waals surface area contributed by atoms with Gasteiger partial charge < -0.3 is 14.3 Å². The average Bonchev–Trinajstić information content (AvgIpc) is 3.08. The van der Waals surface area contributed by atoms with E-state index in [0.717, 1.165) is 30.2 Å². The molecular formula is C14H19N3O2. The van der Waals surface area contributed by atoms with Crippen LogP contribution in [0, 0.1) is 6.92 Å².